The Morgan fingerprint density at radius 3 is 2.70 bits per heavy atom. The van der Waals surface area contributed by atoms with Crippen LogP contribution in [0, 0.1) is 0 Å². The molecule has 0 fully saturated rings. The molecule has 5 nitrogen and oxygen atoms in total. The van der Waals surface area contributed by atoms with Gasteiger partial charge in [0, 0.05) is 35.3 Å². The number of nitrogens with one attached hydrogen (secondary N) is 2. The number of carbonyl (C=O) groups excluding carboxylic acids is 1. The Morgan fingerprint density at radius 2 is 1.93 bits per heavy atom. The first-order valence-electron chi connectivity index (χ1n) is 8.09. The topological polar surface area (TPSA) is 70.7 Å². The Labute approximate surface area is 156 Å². The standard InChI is InChI=1S/C18H13F3N4OS/c19-18(20,21)27-15-4-2-1-3-10(15)16-22-7-6-13(25-16)14-9-11-12(24-14)5-8-23-17(11)26/h1-4,6-7,9,24H,5,8H2,(H,23,26). The zero-order valence-electron chi connectivity index (χ0n) is 13.8. The van der Waals surface area contributed by atoms with Crippen molar-refractivity contribution in [2.45, 2.75) is 16.8 Å². The van der Waals surface area contributed by atoms with Gasteiger partial charge >= 0.3 is 5.51 Å². The van der Waals surface area contributed by atoms with Gasteiger partial charge in [0.15, 0.2) is 5.82 Å². The Balaban J connectivity index is 1.73. The molecule has 0 saturated carbocycles. The van der Waals surface area contributed by atoms with Crippen LogP contribution in [0.2, 0.25) is 0 Å². The summed E-state index contributed by atoms with van der Waals surface area (Å²) in [6, 6.07) is 9.48. The van der Waals surface area contributed by atoms with Crippen LogP contribution in [-0.2, 0) is 6.42 Å². The Kier molecular flexibility index (Phi) is 4.39. The van der Waals surface area contributed by atoms with Gasteiger partial charge in [0.2, 0.25) is 0 Å². The third kappa shape index (κ3) is 3.68. The number of carbonyl (C=O) groups is 1. The van der Waals surface area contributed by atoms with Gasteiger partial charge in [-0.3, -0.25) is 4.79 Å². The highest BCUT2D eigenvalue weighted by molar-refractivity contribution is 8.00. The van der Waals surface area contributed by atoms with Gasteiger partial charge in [-0.1, -0.05) is 18.2 Å². The van der Waals surface area contributed by atoms with Gasteiger partial charge in [-0.05, 0) is 30.0 Å². The lowest BCUT2D eigenvalue weighted by Crippen LogP contribution is -2.31. The van der Waals surface area contributed by atoms with E-state index in [4.69, 9.17) is 0 Å². The molecule has 4 rings (SSSR count). The summed E-state index contributed by atoms with van der Waals surface area (Å²) in [6.07, 6.45) is 2.18. The molecule has 1 amide bonds. The largest absolute Gasteiger partial charge is 0.446 e. The zero-order valence-corrected chi connectivity index (χ0v) is 14.6. The van der Waals surface area contributed by atoms with Crippen molar-refractivity contribution in [1.29, 1.82) is 0 Å². The third-order valence-corrected chi connectivity index (χ3v) is 4.90. The molecule has 1 aliphatic heterocycles. The van der Waals surface area contributed by atoms with E-state index in [2.05, 4.69) is 20.3 Å². The molecule has 0 unspecified atom stereocenters. The maximum Gasteiger partial charge on any atom is 0.446 e. The molecule has 0 spiro atoms. The molecule has 9 heteroatoms. The highest BCUT2D eigenvalue weighted by atomic mass is 32.2. The lowest BCUT2D eigenvalue weighted by molar-refractivity contribution is -0.0328. The van der Waals surface area contributed by atoms with Crippen LogP contribution < -0.4 is 5.32 Å². The average molecular weight is 390 g/mol. The molecule has 2 aromatic heterocycles. The average Bonchev–Trinajstić information content (AvgIpc) is 3.07. The molecular weight excluding hydrogens is 377 g/mol. The second-order valence-corrected chi connectivity index (χ2v) is 7.00. The van der Waals surface area contributed by atoms with Gasteiger partial charge in [0.25, 0.3) is 5.91 Å². The van der Waals surface area contributed by atoms with Crippen LogP contribution in [-0.4, -0.2) is 32.9 Å². The Bertz CT molecular complexity index is 1020. The van der Waals surface area contributed by atoms with Gasteiger partial charge < -0.3 is 10.3 Å². The number of aromatic amines is 1. The monoisotopic (exact) mass is 390 g/mol. The number of hydrogen-bond donors (Lipinski definition) is 2. The molecule has 0 aliphatic carbocycles. The summed E-state index contributed by atoms with van der Waals surface area (Å²) in [5, 5.41) is 2.77. The van der Waals surface area contributed by atoms with E-state index in [0.29, 0.717) is 35.5 Å². The summed E-state index contributed by atoms with van der Waals surface area (Å²) in [5.74, 6) is 0.0387. The number of H-pyrrole nitrogens is 1. The fraction of sp³-hybridized carbons (Fsp3) is 0.167. The van der Waals surface area contributed by atoms with Crippen molar-refractivity contribution in [3.8, 4) is 22.8 Å². The predicted molar refractivity (Wildman–Crippen MR) is 95.2 cm³/mol. The predicted octanol–water partition coefficient (Wildman–Crippen LogP) is 4.04. The number of nitrogens with zero attached hydrogens (tertiary/aromatic N) is 2. The number of hydrogen-bond acceptors (Lipinski definition) is 4. The number of alkyl halides is 3. The van der Waals surface area contributed by atoms with E-state index in [1.807, 2.05) is 0 Å². The third-order valence-electron chi connectivity index (χ3n) is 4.09. The Hall–Kier alpha value is -2.81. The molecule has 0 bridgehead atoms. The molecule has 138 valence electrons. The van der Waals surface area contributed by atoms with Crippen molar-refractivity contribution in [2.75, 3.05) is 6.54 Å². The van der Waals surface area contributed by atoms with Gasteiger partial charge in [-0.15, -0.1) is 0 Å². The summed E-state index contributed by atoms with van der Waals surface area (Å²) in [4.78, 5) is 23.7. The van der Waals surface area contributed by atoms with E-state index in [1.165, 1.54) is 12.3 Å². The highest BCUT2D eigenvalue weighted by Gasteiger charge is 2.31. The first-order valence-corrected chi connectivity index (χ1v) is 8.91. The molecule has 3 aromatic rings. The van der Waals surface area contributed by atoms with Gasteiger partial charge in [0.1, 0.15) is 0 Å². The van der Waals surface area contributed by atoms with Crippen molar-refractivity contribution >= 4 is 17.7 Å². The van der Waals surface area contributed by atoms with E-state index in [1.54, 1.807) is 30.3 Å². The molecule has 2 N–H and O–H groups in total. The molecule has 0 saturated heterocycles. The second-order valence-electron chi connectivity index (χ2n) is 5.89. The molecule has 0 atom stereocenters. The Morgan fingerprint density at radius 1 is 1.11 bits per heavy atom. The van der Waals surface area contributed by atoms with E-state index >= 15 is 0 Å². The summed E-state index contributed by atoms with van der Waals surface area (Å²) in [7, 11) is 0. The van der Waals surface area contributed by atoms with Crippen LogP contribution in [0.25, 0.3) is 22.8 Å². The summed E-state index contributed by atoms with van der Waals surface area (Å²) in [5.41, 5.74) is -1.59. The molecule has 27 heavy (non-hydrogen) atoms. The number of fused-ring (bicyclic) bond motifs is 1. The lowest BCUT2D eigenvalue weighted by atomic mass is 10.1. The van der Waals surface area contributed by atoms with Gasteiger partial charge in [-0.25, -0.2) is 9.97 Å². The fourth-order valence-electron chi connectivity index (χ4n) is 2.93. The molecule has 1 aliphatic rings. The summed E-state index contributed by atoms with van der Waals surface area (Å²) in [6.45, 7) is 0.558. The lowest BCUT2D eigenvalue weighted by Gasteiger charge is -2.11. The van der Waals surface area contributed by atoms with Crippen LogP contribution in [0.5, 0.6) is 0 Å². The molecule has 0 radical (unpaired) electrons. The van der Waals surface area contributed by atoms with Crippen molar-refractivity contribution < 1.29 is 18.0 Å². The normalized spacial score (nSPS) is 14.0. The second kappa shape index (κ2) is 6.73. The van der Waals surface area contributed by atoms with Gasteiger partial charge in [0.05, 0.1) is 17.0 Å². The zero-order chi connectivity index (χ0) is 19.0. The number of benzene rings is 1. The number of thioether (sulfide) groups is 1. The summed E-state index contributed by atoms with van der Waals surface area (Å²) >= 11 is -0.194. The smallest absolute Gasteiger partial charge is 0.356 e. The highest BCUT2D eigenvalue weighted by Crippen LogP contribution is 2.41. The quantitative estimate of drug-likeness (QED) is 0.663. The van der Waals surface area contributed by atoms with Crippen LogP contribution in [0.1, 0.15) is 16.1 Å². The van der Waals surface area contributed by atoms with Crippen LogP contribution in [0.15, 0.2) is 47.5 Å². The first kappa shape index (κ1) is 17.6. The van der Waals surface area contributed by atoms with Crippen LogP contribution >= 0.6 is 11.8 Å². The first-order chi connectivity index (χ1) is 12.9. The van der Waals surface area contributed by atoms with E-state index in [-0.39, 0.29) is 28.4 Å². The number of amides is 1. The number of aromatic nitrogens is 3. The number of rotatable bonds is 3. The maximum absolute atomic E-state index is 12.8. The summed E-state index contributed by atoms with van der Waals surface area (Å²) < 4.78 is 38.5. The van der Waals surface area contributed by atoms with Gasteiger partial charge in [-0.2, -0.15) is 13.2 Å². The van der Waals surface area contributed by atoms with E-state index in [0.717, 1.165) is 5.69 Å². The fourth-order valence-corrected chi connectivity index (χ4v) is 3.60. The van der Waals surface area contributed by atoms with Crippen molar-refractivity contribution in [1.82, 2.24) is 20.3 Å². The van der Waals surface area contributed by atoms with Crippen LogP contribution in [0.4, 0.5) is 13.2 Å². The van der Waals surface area contributed by atoms with Crippen molar-refractivity contribution in [3.63, 3.8) is 0 Å². The van der Waals surface area contributed by atoms with Crippen molar-refractivity contribution in [2.24, 2.45) is 0 Å². The van der Waals surface area contributed by atoms with E-state index < -0.39 is 5.51 Å². The SMILES string of the molecule is O=C1NCCc2[nH]c(-c3ccnc(-c4ccccc4SC(F)(F)F)n3)cc21. The minimum Gasteiger partial charge on any atom is -0.356 e. The minimum atomic E-state index is -4.40. The molecule has 1 aromatic carbocycles. The molecular formula is C18H13F3N4OS. The van der Waals surface area contributed by atoms with Crippen LogP contribution in [0.3, 0.4) is 0 Å². The maximum atomic E-state index is 12.8. The van der Waals surface area contributed by atoms with Crippen molar-refractivity contribution in [3.05, 3.63) is 53.9 Å². The van der Waals surface area contributed by atoms with E-state index in [9.17, 15) is 18.0 Å². The minimum absolute atomic E-state index is 0.0345. The number of halogens is 3. The molecule has 3 heterocycles.